The SMILES string of the molecule is Cc1ccc2c(c1)S(=O)(=O)Cc1c(C(=O)O)nn(-c3ccc(CN4CCOCC4)cc3)c1-2. The van der Waals surface area contributed by atoms with Crippen LogP contribution < -0.4 is 0 Å². The fourth-order valence-corrected chi connectivity index (χ4v) is 6.01. The van der Waals surface area contributed by atoms with Gasteiger partial charge in [0.05, 0.1) is 35.2 Å². The summed E-state index contributed by atoms with van der Waals surface area (Å²) in [5.41, 5.74) is 3.65. The Balaban J connectivity index is 1.59. The van der Waals surface area contributed by atoms with Gasteiger partial charge in [0.15, 0.2) is 15.5 Å². The van der Waals surface area contributed by atoms with Crippen LogP contribution in [-0.4, -0.2) is 60.5 Å². The van der Waals surface area contributed by atoms with Gasteiger partial charge in [0.25, 0.3) is 0 Å². The van der Waals surface area contributed by atoms with Gasteiger partial charge in [-0.1, -0.05) is 24.3 Å². The van der Waals surface area contributed by atoms with E-state index in [0.717, 1.165) is 44.0 Å². The molecule has 9 heteroatoms. The first kappa shape index (κ1) is 20.9. The summed E-state index contributed by atoms with van der Waals surface area (Å²) in [5, 5.41) is 14.0. The van der Waals surface area contributed by atoms with Crippen molar-refractivity contribution in [3.8, 4) is 16.9 Å². The van der Waals surface area contributed by atoms with Crippen LogP contribution in [0, 0.1) is 6.92 Å². The zero-order valence-corrected chi connectivity index (χ0v) is 18.4. The molecule has 8 nitrogen and oxygen atoms in total. The van der Waals surface area contributed by atoms with Crippen LogP contribution in [0.4, 0.5) is 0 Å². The number of sulfone groups is 1. The summed E-state index contributed by atoms with van der Waals surface area (Å²) in [4.78, 5) is 14.4. The van der Waals surface area contributed by atoms with Crippen LogP contribution in [0.3, 0.4) is 0 Å². The molecule has 0 spiro atoms. The van der Waals surface area contributed by atoms with Gasteiger partial charge in [-0.15, -0.1) is 0 Å². The van der Waals surface area contributed by atoms with Crippen molar-refractivity contribution >= 4 is 15.8 Å². The molecule has 0 saturated carbocycles. The van der Waals surface area contributed by atoms with Crippen molar-refractivity contribution in [2.45, 2.75) is 24.1 Å². The lowest BCUT2D eigenvalue weighted by atomic mass is 10.0. The predicted molar refractivity (Wildman–Crippen MR) is 118 cm³/mol. The number of fused-ring (bicyclic) bond motifs is 3. The van der Waals surface area contributed by atoms with Gasteiger partial charge in [-0.25, -0.2) is 17.9 Å². The highest BCUT2D eigenvalue weighted by Gasteiger charge is 2.36. The number of carbonyl (C=O) groups is 1. The Morgan fingerprint density at radius 1 is 1.12 bits per heavy atom. The Kier molecular flexibility index (Phi) is 5.11. The number of benzene rings is 2. The molecule has 0 bridgehead atoms. The first-order valence-corrected chi connectivity index (χ1v) is 12.1. The van der Waals surface area contributed by atoms with E-state index in [4.69, 9.17) is 4.74 Å². The molecule has 32 heavy (non-hydrogen) atoms. The van der Waals surface area contributed by atoms with Crippen LogP contribution in [0.25, 0.3) is 16.9 Å². The summed E-state index contributed by atoms with van der Waals surface area (Å²) in [6, 6.07) is 13.0. The molecule has 0 unspecified atom stereocenters. The smallest absolute Gasteiger partial charge is 0.356 e. The number of carboxylic acid groups (broad SMARTS) is 1. The molecule has 0 atom stereocenters. The third-order valence-corrected chi connectivity index (χ3v) is 7.62. The van der Waals surface area contributed by atoms with Gasteiger partial charge >= 0.3 is 5.97 Å². The Bertz CT molecular complexity index is 1310. The van der Waals surface area contributed by atoms with Crippen LogP contribution in [0.5, 0.6) is 0 Å². The fraction of sp³-hybridized carbons (Fsp3) is 0.304. The van der Waals surface area contributed by atoms with E-state index in [1.807, 2.05) is 37.3 Å². The van der Waals surface area contributed by atoms with Gasteiger partial charge in [0.2, 0.25) is 0 Å². The van der Waals surface area contributed by atoms with Crippen molar-refractivity contribution in [1.82, 2.24) is 14.7 Å². The molecule has 3 heterocycles. The lowest BCUT2D eigenvalue weighted by Crippen LogP contribution is -2.35. The van der Waals surface area contributed by atoms with Crippen molar-refractivity contribution in [3.63, 3.8) is 0 Å². The third kappa shape index (κ3) is 3.62. The van der Waals surface area contributed by atoms with Crippen LogP contribution in [-0.2, 0) is 26.9 Å². The summed E-state index contributed by atoms with van der Waals surface area (Å²) in [7, 11) is -3.66. The number of aryl methyl sites for hydroxylation is 1. The van der Waals surface area contributed by atoms with E-state index in [2.05, 4.69) is 10.00 Å². The highest BCUT2D eigenvalue weighted by atomic mass is 32.2. The quantitative estimate of drug-likeness (QED) is 0.648. The van der Waals surface area contributed by atoms with Crippen molar-refractivity contribution in [1.29, 1.82) is 0 Å². The molecule has 0 radical (unpaired) electrons. The highest BCUT2D eigenvalue weighted by molar-refractivity contribution is 7.90. The van der Waals surface area contributed by atoms with Gasteiger partial charge < -0.3 is 9.84 Å². The second kappa shape index (κ2) is 7.84. The van der Waals surface area contributed by atoms with Gasteiger partial charge in [0, 0.05) is 30.8 Å². The number of aromatic nitrogens is 2. The fourth-order valence-electron chi connectivity index (χ4n) is 4.33. The summed E-state index contributed by atoms with van der Waals surface area (Å²) < 4.78 is 32.7. The second-order valence-corrected chi connectivity index (χ2v) is 10.2. The second-order valence-electron chi connectivity index (χ2n) is 8.21. The third-order valence-electron chi connectivity index (χ3n) is 5.94. The predicted octanol–water partition coefficient (Wildman–Crippen LogP) is 2.67. The minimum Gasteiger partial charge on any atom is -0.476 e. The number of carboxylic acids is 1. The highest BCUT2D eigenvalue weighted by Crippen LogP contribution is 2.41. The number of aromatic carboxylic acids is 1. The van der Waals surface area contributed by atoms with E-state index in [1.165, 1.54) is 0 Å². The lowest BCUT2D eigenvalue weighted by molar-refractivity contribution is 0.0342. The number of hydrogen-bond donors (Lipinski definition) is 1. The monoisotopic (exact) mass is 453 g/mol. The van der Waals surface area contributed by atoms with Crippen molar-refractivity contribution in [2.75, 3.05) is 26.3 Å². The summed E-state index contributed by atoms with van der Waals surface area (Å²) >= 11 is 0. The maximum absolute atomic E-state index is 12.9. The number of rotatable bonds is 4. The van der Waals surface area contributed by atoms with Crippen LogP contribution in [0.15, 0.2) is 47.4 Å². The van der Waals surface area contributed by atoms with E-state index in [9.17, 15) is 18.3 Å². The molecule has 166 valence electrons. The summed E-state index contributed by atoms with van der Waals surface area (Å²) in [6.45, 7) is 5.89. The molecule has 1 fully saturated rings. The molecule has 0 aliphatic carbocycles. The lowest BCUT2D eigenvalue weighted by Gasteiger charge is -2.26. The van der Waals surface area contributed by atoms with Gasteiger partial charge in [-0.3, -0.25) is 4.90 Å². The van der Waals surface area contributed by atoms with E-state index in [1.54, 1.807) is 16.8 Å². The Morgan fingerprint density at radius 2 is 1.84 bits per heavy atom. The molecule has 1 saturated heterocycles. The first-order valence-electron chi connectivity index (χ1n) is 10.4. The van der Waals surface area contributed by atoms with E-state index < -0.39 is 15.8 Å². The minimum absolute atomic E-state index is 0.215. The first-order chi connectivity index (χ1) is 15.3. The van der Waals surface area contributed by atoms with Gasteiger partial charge in [0.1, 0.15) is 0 Å². The number of morpholine rings is 1. The van der Waals surface area contributed by atoms with E-state index in [-0.39, 0.29) is 21.9 Å². The van der Waals surface area contributed by atoms with Gasteiger partial charge in [-0.2, -0.15) is 5.10 Å². The zero-order valence-electron chi connectivity index (χ0n) is 17.6. The van der Waals surface area contributed by atoms with Gasteiger partial charge in [-0.05, 0) is 36.2 Å². The van der Waals surface area contributed by atoms with Crippen LogP contribution in [0.1, 0.15) is 27.2 Å². The van der Waals surface area contributed by atoms with Crippen molar-refractivity contribution in [2.24, 2.45) is 0 Å². The largest absolute Gasteiger partial charge is 0.476 e. The molecule has 1 N–H and O–H groups in total. The molecule has 0 amide bonds. The Hall–Kier alpha value is -3.01. The van der Waals surface area contributed by atoms with Crippen LogP contribution in [0.2, 0.25) is 0 Å². The number of ether oxygens (including phenoxy) is 1. The molecule has 2 aliphatic heterocycles. The molecular formula is C23H23N3O5S. The van der Waals surface area contributed by atoms with E-state index in [0.29, 0.717) is 16.9 Å². The van der Waals surface area contributed by atoms with E-state index >= 15 is 0 Å². The normalized spacial score (nSPS) is 17.5. The maximum atomic E-state index is 12.9. The summed E-state index contributed by atoms with van der Waals surface area (Å²) in [5.74, 6) is -1.62. The topological polar surface area (TPSA) is 102 Å². The van der Waals surface area contributed by atoms with Crippen LogP contribution >= 0.6 is 0 Å². The number of nitrogens with zero attached hydrogens (tertiary/aromatic N) is 3. The standard InChI is InChI=1S/C23H23N3O5S/c1-15-2-7-18-20(12-15)32(29,30)14-19-21(23(27)28)24-26(22(18)19)17-5-3-16(4-6-17)13-25-8-10-31-11-9-25/h2-7,12H,8-11,13-14H2,1H3,(H,27,28). The molecule has 1 aromatic heterocycles. The number of hydrogen-bond acceptors (Lipinski definition) is 6. The average Bonchev–Trinajstić information content (AvgIpc) is 3.14. The minimum atomic E-state index is -3.66. The molecule has 5 rings (SSSR count). The molecular weight excluding hydrogens is 430 g/mol. The van der Waals surface area contributed by atoms with Crippen molar-refractivity contribution in [3.05, 3.63) is 64.8 Å². The average molecular weight is 454 g/mol. The van der Waals surface area contributed by atoms with Crippen molar-refractivity contribution < 1.29 is 23.1 Å². The Morgan fingerprint density at radius 3 is 2.53 bits per heavy atom. The maximum Gasteiger partial charge on any atom is 0.356 e. The zero-order chi connectivity index (χ0) is 22.5. The molecule has 3 aromatic rings. The molecule has 2 aromatic carbocycles. The Labute approximate surface area is 186 Å². The summed E-state index contributed by atoms with van der Waals surface area (Å²) in [6.07, 6.45) is 0. The molecule has 2 aliphatic rings.